The molecule has 0 aliphatic heterocycles. The third kappa shape index (κ3) is 5.86. The SMILES string of the molecule is CC(NC(=O)NCC(O)C(C)(C)C)c1nc(Cc2ccccc2)no1. The van der Waals surface area contributed by atoms with Gasteiger partial charge in [0.15, 0.2) is 5.82 Å². The van der Waals surface area contributed by atoms with Gasteiger partial charge in [-0.05, 0) is 17.9 Å². The normalized spacial score (nSPS) is 14.0. The van der Waals surface area contributed by atoms with Gasteiger partial charge in [0.25, 0.3) is 0 Å². The summed E-state index contributed by atoms with van der Waals surface area (Å²) < 4.78 is 5.23. The van der Waals surface area contributed by atoms with Gasteiger partial charge >= 0.3 is 6.03 Å². The fourth-order valence-corrected chi connectivity index (χ4v) is 2.10. The molecule has 0 spiro atoms. The van der Waals surface area contributed by atoms with Crippen LogP contribution in [0.3, 0.4) is 0 Å². The molecule has 2 aromatic rings. The molecule has 1 heterocycles. The summed E-state index contributed by atoms with van der Waals surface area (Å²) in [5, 5.41) is 19.3. The zero-order valence-corrected chi connectivity index (χ0v) is 15.1. The molecular formula is C18H26N4O3. The molecule has 25 heavy (non-hydrogen) atoms. The molecule has 2 atom stereocenters. The second-order valence-electron chi connectivity index (χ2n) is 7.17. The Kier molecular flexibility index (Phi) is 6.14. The third-order valence-electron chi connectivity index (χ3n) is 3.86. The van der Waals surface area contributed by atoms with Crippen molar-refractivity contribution in [2.24, 2.45) is 5.41 Å². The van der Waals surface area contributed by atoms with Gasteiger partial charge in [-0.1, -0.05) is 56.3 Å². The molecule has 2 rings (SSSR count). The van der Waals surface area contributed by atoms with E-state index in [9.17, 15) is 9.90 Å². The highest BCUT2D eigenvalue weighted by molar-refractivity contribution is 5.74. The van der Waals surface area contributed by atoms with Crippen molar-refractivity contribution in [2.75, 3.05) is 6.54 Å². The van der Waals surface area contributed by atoms with Crippen molar-refractivity contribution in [3.8, 4) is 0 Å². The fourth-order valence-electron chi connectivity index (χ4n) is 2.10. The van der Waals surface area contributed by atoms with Gasteiger partial charge in [0, 0.05) is 13.0 Å². The second kappa shape index (κ2) is 8.11. The number of aliphatic hydroxyl groups excluding tert-OH is 1. The van der Waals surface area contributed by atoms with Gasteiger partial charge in [0.1, 0.15) is 6.04 Å². The molecule has 7 nitrogen and oxygen atoms in total. The summed E-state index contributed by atoms with van der Waals surface area (Å²) in [6.45, 7) is 7.66. The maximum absolute atomic E-state index is 11.9. The molecular weight excluding hydrogens is 320 g/mol. The smallest absolute Gasteiger partial charge is 0.315 e. The minimum atomic E-state index is -0.630. The molecule has 2 unspecified atom stereocenters. The number of aromatic nitrogens is 2. The van der Waals surface area contributed by atoms with E-state index in [1.54, 1.807) is 6.92 Å². The van der Waals surface area contributed by atoms with Crippen molar-refractivity contribution < 1.29 is 14.4 Å². The molecule has 1 aromatic carbocycles. The molecule has 0 bridgehead atoms. The Bertz CT molecular complexity index is 679. The van der Waals surface area contributed by atoms with Gasteiger partial charge in [0.05, 0.1) is 6.10 Å². The van der Waals surface area contributed by atoms with Crippen LogP contribution in [-0.4, -0.2) is 33.9 Å². The van der Waals surface area contributed by atoms with E-state index in [2.05, 4.69) is 20.8 Å². The van der Waals surface area contributed by atoms with E-state index < -0.39 is 18.2 Å². The maximum Gasteiger partial charge on any atom is 0.315 e. The van der Waals surface area contributed by atoms with Crippen LogP contribution in [0.5, 0.6) is 0 Å². The van der Waals surface area contributed by atoms with Crippen LogP contribution in [-0.2, 0) is 6.42 Å². The number of hydrogen-bond acceptors (Lipinski definition) is 5. The maximum atomic E-state index is 11.9. The Hall–Kier alpha value is -2.41. The molecule has 0 fully saturated rings. The number of rotatable bonds is 6. The van der Waals surface area contributed by atoms with Crippen molar-refractivity contribution >= 4 is 6.03 Å². The van der Waals surface area contributed by atoms with Crippen LogP contribution in [0, 0.1) is 5.41 Å². The second-order valence-corrected chi connectivity index (χ2v) is 7.17. The van der Waals surface area contributed by atoms with E-state index in [4.69, 9.17) is 4.52 Å². The fraction of sp³-hybridized carbons (Fsp3) is 0.500. The zero-order valence-electron chi connectivity index (χ0n) is 15.1. The number of hydrogen-bond donors (Lipinski definition) is 3. The first kappa shape index (κ1) is 18.9. The minimum Gasteiger partial charge on any atom is -0.391 e. The average molecular weight is 346 g/mol. The molecule has 0 aliphatic rings. The molecule has 7 heteroatoms. The molecule has 0 saturated carbocycles. The number of nitrogens with zero attached hydrogens (tertiary/aromatic N) is 2. The zero-order chi connectivity index (χ0) is 18.4. The molecule has 2 amide bonds. The van der Waals surface area contributed by atoms with Gasteiger partial charge in [-0.15, -0.1) is 0 Å². The van der Waals surface area contributed by atoms with Crippen molar-refractivity contribution in [1.29, 1.82) is 0 Å². The van der Waals surface area contributed by atoms with Crippen molar-refractivity contribution in [3.63, 3.8) is 0 Å². The van der Waals surface area contributed by atoms with Crippen LogP contribution in [0.2, 0.25) is 0 Å². The van der Waals surface area contributed by atoms with Crippen molar-refractivity contribution in [1.82, 2.24) is 20.8 Å². The number of carbonyl (C=O) groups excluding carboxylic acids is 1. The van der Waals surface area contributed by atoms with Crippen LogP contribution in [0.1, 0.15) is 51.0 Å². The summed E-state index contributed by atoms with van der Waals surface area (Å²) in [5.74, 6) is 0.913. The van der Waals surface area contributed by atoms with E-state index >= 15 is 0 Å². The Morgan fingerprint density at radius 2 is 1.96 bits per heavy atom. The number of amides is 2. The quantitative estimate of drug-likeness (QED) is 0.746. The summed E-state index contributed by atoms with van der Waals surface area (Å²) in [6, 6.07) is 9.03. The van der Waals surface area contributed by atoms with Crippen molar-refractivity contribution in [2.45, 2.75) is 46.3 Å². The summed E-state index contributed by atoms with van der Waals surface area (Å²) >= 11 is 0. The molecule has 1 aromatic heterocycles. The van der Waals surface area contributed by atoms with Crippen LogP contribution < -0.4 is 10.6 Å². The topological polar surface area (TPSA) is 100 Å². The number of urea groups is 1. The molecule has 0 radical (unpaired) electrons. The predicted molar refractivity (Wildman–Crippen MR) is 94.0 cm³/mol. The summed E-state index contributed by atoms with van der Waals surface area (Å²) in [6.07, 6.45) is -0.0597. The van der Waals surface area contributed by atoms with Gasteiger partial charge in [-0.3, -0.25) is 0 Å². The van der Waals surface area contributed by atoms with E-state index in [1.807, 2.05) is 51.1 Å². The Morgan fingerprint density at radius 3 is 2.60 bits per heavy atom. The van der Waals surface area contributed by atoms with E-state index in [1.165, 1.54) is 0 Å². The van der Waals surface area contributed by atoms with E-state index in [0.29, 0.717) is 18.1 Å². The van der Waals surface area contributed by atoms with Gasteiger partial charge in [0.2, 0.25) is 5.89 Å². The van der Waals surface area contributed by atoms with Crippen molar-refractivity contribution in [3.05, 3.63) is 47.6 Å². The highest BCUT2D eigenvalue weighted by atomic mass is 16.5. The highest BCUT2D eigenvalue weighted by Crippen LogP contribution is 2.18. The molecule has 0 aliphatic carbocycles. The molecule has 3 N–H and O–H groups in total. The number of carbonyl (C=O) groups is 1. The summed E-state index contributed by atoms with van der Waals surface area (Å²) in [4.78, 5) is 16.3. The minimum absolute atomic E-state index is 0.172. The average Bonchev–Trinajstić information content (AvgIpc) is 3.01. The Balaban J connectivity index is 1.84. The first-order valence-corrected chi connectivity index (χ1v) is 8.34. The first-order valence-electron chi connectivity index (χ1n) is 8.34. The summed E-state index contributed by atoms with van der Waals surface area (Å²) in [7, 11) is 0. The lowest BCUT2D eigenvalue weighted by Gasteiger charge is -2.26. The van der Waals surface area contributed by atoms with Crippen LogP contribution in [0.15, 0.2) is 34.9 Å². The lowest BCUT2D eigenvalue weighted by Crippen LogP contribution is -2.44. The number of benzene rings is 1. The summed E-state index contributed by atoms with van der Waals surface area (Å²) in [5.41, 5.74) is 0.793. The van der Waals surface area contributed by atoms with Gasteiger partial charge in [-0.2, -0.15) is 4.98 Å². The molecule has 136 valence electrons. The van der Waals surface area contributed by atoms with E-state index in [0.717, 1.165) is 5.56 Å². The standard InChI is InChI=1S/C18H26N4O3/c1-12(20-17(24)19-11-14(23)18(2,3)4)16-21-15(22-25-16)10-13-8-6-5-7-9-13/h5-9,12,14,23H,10-11H2,1-4H3,(H2,19,20,24). The van der Waals surface area contributed by atoms with Gasteiger partial charge in [-0.25, -0.2) is 4.79 Å². The largest absolute Gasteiger partial charge is 0.391 e. The van der Waals surface area contributed by atoms with Crippen LogP contribution in [0.25, 0.3) is 0 Å². The van der Waals surface area contributed by atoms with E-state index in [-0.39, 0.29) is 12.0 Å². The monoisotopic (exact) mass is 346 g/mol. The van der Waals surface area contributed by atoms with Crippen LogP contribution in [0.4, 0.5) is 4.79 Å². The van der Waals surface area contributed by atoms with Crippen LogP contribution >= 0.6 is 0 Å². The van der Waals surface area contributed by atoms with Gasteiger partial charge < -0.3 is 20.3 Å². The number of aliphatic hydroxyl groups is 1. The third-order valence-corrected chi connectivity index (χ3v) is 3.86. The predicted octanol–water partition coefficient (Wildman–Crippen LogP) is 2.43. The molecule has 0 saturated heterocycles. The Morgan fingerprint density at radius 1 is 1.28 bits per heavy atom. The number of nitrogens with one attached hydrogen (secondary N) is 2. The highest BCUT2D eigenvalue weighted by Gasteiger charge is 2.23. The lowest BCUT2D eigenvalue weighted by atomic mass is 9.89. The first-order chi connectivity index (χ1) is 11.8. The Labute approximate surface area is 147 Å². The lowest BCUT2D eigenvalue weighted by molar-refractivity contribution is 0.0648.